The minimum absolute atomic E-state index is 0.0142. The van der Waals surface area contributed by atoms with Crippen molar-refractivity contribution in [3.05, 3.63) is 66.2 Å². The van der Waals surface area contributed by atoms with E-state index in [1.807, 2.05) is 23.8 Å². The first-order chi connectivity index (χ1) is 12.4. The number of ether oxygens (including phenoxy) is 2. The summed E-state index contributed by atoms with van der Waals surface area (Å²) in [5.41, 5.74) is 0.913. The highest BCUT2D eigenvalue weighted by Gasteiger charge is 2.19. The molecule has 0 unspecified atom stereocenters. The van der Waals surface area contributed by atoms with E-state index in [0.717, 1.165) is 10.9 Å². The van der Waals surface area contributed by atoms with Crippen molar-refractivity contribution in [3.63, 3.8) is 0 Å². The van der Waals surface area contributed by atoms with Crippen molar-refractivity contribution in [1.82, 2.24) is 4.72 Å². The topological polar surface area (TPSA) is 81.7 Å². The van der Waals surface area contributed by atoms with Crippen molar-refractivity contribution in [3.8, 4) is 11.5 Å². The summed E-state index contributed by atoms with van der Waals surface area (Å²) in [6.07, 6.45) is -1.08. The van der Waals surface area contributed by atoms with Crippen LogP contribution in [-0.2, 0) is 10.0 Å². The van der Waals surface area contributed by atoms with Crippen LogP contribution >= 0.6 is 0 Å². The lowest BCUT2D eigenvalue weighted by molar-refractivity contribution is 0.207. The second-order valence-electron chi connectivity index (χ2n) is 5.62. The Balaban J connectivity index is 1.85. The summed E-state index contributed by atoms with van der Waals surface area (Å²) in [4.78, 5) is 12.1. The monoisotopic (exact) mass is 371 g/mol. The Morgan fingerprint density at radius 1 is 0.885 bits per heavy atom. The number of aryl methyl sites for hydroxylation is 1. The molecule has 0 fully saturated rings. The summed E-state index contributed by atoms with van der Waals surface area (Å²) in [7, 11) is -2.47. The molecule has 0 aromatic heterocycles. The smallest absolute Gasteiger partial charge is 0.426 e. The van der Waals surface area contributed by atoms with Gasteiger partial charge in [0.15, 0.2) is 0 Å². The summed E-state index contributed by atoms with van der Waals surface area (Å²) in [6, 6.07) is 16.6. The zero-order valence-corrected chi connectivity index (χ0v) is 15.0. The molecule has 0 atom stereocenters. The number of methoxy groups -OCH3 is 1. The third-order valence-corrected chi connectivity index (χ3v) is 5.14. The number of hydrogen-bond donors (Lipinski definition) is 1. The van der Waals surface area contributed by atoms with Gasteiger partial charge in [0, 0.05) is 10.8 Å². The van der Waals surface area contributed by atoms with Crippen LogP contribution in [0.1, 0.15) is 5.56 Å². The van der Waals surface area contributed by atoms with Gasteiger partial charge in [-0.05, 0) is 31.2 Å². The van der Waals surface area contributed by atoms with Gasteiger partial charge in [0.05, 0.1) is 12.0 Å². The lowest BCUT2D eigenvalue weighted by Crippen LogP contribution is -2.33. The average Bonchev–Trinajstić information content (AvgIpc) is 2.62. The molecular weight excluding hydrogens is 354 g/mol. The summed E-state index contributed by atoms with van der Waals surface area (Å²) in [6.45, 7) is 1.84. The van der Waals surface area contributed by atoms with E-state index in [4.69, 9.17) is 9.47 Å². The predicted octanol–water partition coefficient (Wildman–Crippen LogP) is 3.63. The average molecular weight is 371 g/mol. The Kier molecular flexibility index (Phi) is 4.81. The van der Waals surface area contributed by atoms with E-state index < -0.39 is 16.1 Å². The summed E-state index contributed by atoms with van der Waals surface area (Å²) >= 11 is 0. The molecule has 0 saturated heterocycles. The van der Waals surface area contributed by atoms with Crippen LogP contribution in [0, 0.1) is 6.92 Å². The van der Waals surface area contributed by atoms with Gasteiger partial charge in [0.2, 0.25) is 0 Å². The van der Waals surface area contributed by atoms with Crippen LogP contribution in [0.25, 0.3) is 10.8 Å². The minimum atomic E-state index is -4.01. The molecule has 0 aliphatic heterocycles. The highest BCUT2D eigenvalue weighted by atomic mass is 32.2. The number of benzene rings is 3. The highest BCUT2D eigenvalue weighted by molar-refractivity contribution is 7.90. The van der Waals surface area contributed by atoms with Crippen molar-refractivity contribution < 1.29 is 22.7 Å². The Bertz CT molecular complexity index is 1060. The first-order valence-corrected chi connectivity index (χ1v) is 9.26. The molecule has 134 valence electrons. The second kappa shape index (κ2) is 7.05. The van der Waals surface area contributed by atoms with Gasteiger partial charge in [-0.25, -0.2) is 17.9 Å². The highest BCUT2D eigenvalue weighted by Crippen LogP contribution is 2.32. The van der Waals surface area contributed by atoms with Crippen LogP contribution in [0.2, 0.25) is 0 Å². The fraction of sp³-hybridized carbons (Fsp3) is 0.105. The second-order valence-corrected chi connectivity index (χ2v) is 7.30. The van der Waals surface area contributed by atoms with Gasteiger partial charge in [-0.15, -0.1) is 0 Å². The molecule has 7 heteroatoms. The van der Waals surface area contributed by atoms with Crippen molar-refractivity contribution >= 4 is 26.9 Å². The number of hydrogen-bond acceptors (Lipinski definition) is 5. The Hall–Kier alpha value is -3.06. The Labute approximate surface area is 151 Å². The molecule has 0 aliphatic rings. The van der Waals surface area contributed by atoms with E-state index in [-0.39, 0.29) is 10.6 Å². The van der Waals surface area contributed by atoms with Crippen LogP contribution in [0.3, 0.4) is 0 Å². The number of nitrogens with one attached hydrogen (secondary N) is 1. The zero-order chi connectivity index (χ0) is 18.7. The quantitative estimate of drug-likeness (QED) is 0.757. The fourth-order valence-corrected chi connectivity index (χ4v) is 3.39. The van der Waals surface area contributed by atoms with Gasteiger partial charge < -0.3 is 9.47 Å². The van der Waals surface area contributed by atoms with Crippen LogP contribution in [0.15, 0.2) is 65.6 Å². The number of rotatable bonds is 4. The Morgan fingerprint density at radius 2 is 1.46 bits per heavy atom. The summed E-state index contributed by atoms with van der Waals surface area (Å²) < 4.78 is 37.0. The van der Waals surface area contributed by atoms with E-state index in [1.54, 1.807) is 43.5 Å². The van der Waals surface area contributed by atoms with Gasteiger partial charge in [-0.2, -0.15) is 0 Å². The molecule has 26 heavy (non-hydrogen) atoms. The molecule has 3 aromatic rings. The van der Waals surface area contributed by atoms with E-state index in [2.05, 4.69) is 0 Å². The van der Waals surface area contributed by atoms with Crippen molar-refractivity contribution in [1.29, 1.82) is 0 Å². The summed E-state index contributed by atoms with van der Waals surface area (Å²) in [5, 5.41) is 1.39. The molecule has 0 bridgehead atoms. The lowest BCUT2D eigenvalue weighted by atomic mass is 10.1. The predicted molar refractivity (Wildman–Crippen MR) is 98.0 cm³/mol. The van der Waals surface area contributed by atoms with Crippen LogP contribution < -0.4 is 14.2 Å². The SMILES string of the molecule is COc1ccc(OC(=O)NS(=O)(=O)c2ccc(C)cc2)c2ccccc12. The first kappa shape index (κ1) is 17.8. The number of fused-ring (bicyclic) bond motifs is 1. The van der Waals surface area contributed by atoms with Gasteiger partial charge in [0.1, 0.15) is 11.5 Å². The maximum Gasteiger partial charge on any atom is 0.426 e. The number of carbonyl (C=O) groups excluding carboxylic acids is 1. The van der Waals surface area contributed by atoms with Crippen LogP contribution in [-0.4, -0.2) is 21.6 Å². The third-order valence-electron chi connectivity index (χ3n) is 3.82. The third kappa shape index (κ3) is 3.62. The molecule has 1 N–H and O–H groups in total. The van der Waals surface area contributed by atoms with Gasteiger partial charge in [0.25, 0.3) is 10.0 Å². The van der Waals surface area contributed by atoms with Crippen molar-refractivity contribution in [2.75, 3.05) is 7.11 Å². The zero-order valence-electron chi connectivity index (χ0n) is 14.2. The maximum absolute atomic E-state index is 12.3. The van der Waals surface area contributed by atoms with E-state index in [9.17, 15) is 13.2 Å². The minimum Gasteiger partial charge on any atom is -0.496 e. The number of carbonyl (C=O) groups is 1. The van der Waals surface area contributed by atoms with Crippen LogP contribution in [0.5, 0.6) is 11.5 Å². The first-order valence-electron chi connectivity index (χ1n) is 7.78. The largest absolute Gasteiger partial charge is 0.496 e. The molecular formula is C19H17NO5S. The van der Waals surface area contributed by atoms with Gasteiger partial charge >= 0.3 is 6.09 Å². The molecule has 1 amide bonds. The lowest BCUT2D eigenvalue weighted by Gasteiger charge is -2.11. The van der Waals surface area contributed by atoms with Crippen molar-refractivity contribution in [2.24, 2.45) is 0 Å². The molecule has 0 spiro atoms. The molecule has 3 aromatic carbocycles. The molecule has 0 radical (unpaired) electrons. The molecule has 0 heterocycles. The van der Waals surface area contributed by atoms with E-state index >= 15 is 0 Å². The van der Waals surface area contributed by atoms with Crippen molar-refractivity contribution in [2.45, 2.75) is 11.8 Å². The van der Waals surface area contributed by atoms with Gasteiger partial charge in [-0.1, -0.05) is 42.0 Å². The Morgan fingerprint density at radius 3 is 2.08 bits per heavy atom. The molecule has 6 nitrogen and oxygen atoms in total. The molecule has 3 rings (SSSR count). The van der Waals surface area contributed by atoms with Gasteiger partial charge in [-0.3, -0.25) is 0 Å². The fourth-order valence-electron chi connectivity index (χ4n) is 2.52. The van der Waals surface area contributed by atoms with E-state index in [0.29, 0.717) is 11.1 Å². The molecule has 0 saturated carbocycles. The molecule has 0 aliphatic carbocycles. The maximum atomic E-state index is 12.3. The van der Waals surface area contributed by atoms with E-state index in [1.165, 1.54) is 12.1 Å². The number of sulfonamides is 1. The standard InChI is InChI=1S/C19H17NO5S/c1-13-7-9-14(10-8-13)26(22,23)20-19(21)25-18-12-11-17(24-2)15-5-3-4-6-16(15)18/h3-12H,1-2H3,(H,20,21). The normalized spacial score (nSPS) is 11.2. The van der Waals surface area contributed by atoms with Crippen LogP contribution in [0.4, 0.5) is 4.79 Å². The summed E-state index contributed by atoms with van der Waals surface area (Å²) in [5.74, 6) is 0.860. The number of amides is 1.